The van der Waals surface area contributed by atoms with Crippen molar-refractivity contribution in [3.05, 3.63) is 52.2 Å². The number of hydrogen-bond donors (Lipinski definition) is 0. The molecule has 1 aromatic carbocycles. The number of amides is 1. The lowest BCUT2D eigenvalue weighted by Crippen LogP contribution is -2.40. The van der Waals surface area contributed by atoms with E-state index < -0.39 is 0 Å². The zero-order valence-corrected chi connectivity index (χ0v) is 15.7. The quantitative estimate of drug-likeness (QED) is 0.710. The fourth-order valence-electron chi connectivity index (χ4n) is 3.42. The molecule has 0 saturated carbocycles. The molecular weight excluding hydrogens is 346 g/mol. The van der Waals surface area contributed by atoms with Crippen molar-refractivity contribution in [2.45, 2.75) is 39.3 Å². The van der Waals surface area contributed by atoms with Crippen LogP contribution in [0.3, 0.4) is 0 Å². The molecule has 3 heterocycles. The van der Waals surface area contributed by atoms with Gasteiger partial charge in [0.2, 0.25) is 5.91 Å². The molecule has 0 spiro atoms. The lowest BCUT2D eigenvalue weighted by atomic mass is 10.1. The minimum atomic E-state index is 0.148. The van der Waals surface area contributed by atoms with Crippen LogP contribution < -0.4 is 0 Å². The lowest BCUT2D eigenvalue weighted by molar-refractivity contribution is -0.133. The Balaban J connectivity index is 1.48. The van der Waals surface area contributed by atoms with Crippen LogP contribution in [0.2, 0.25) is 0 Å². The maximum atomic E-state index is 12.7. The third-order valence-corrected chi connectivity index (χ3v) is 5.49. The normalized spacial score (nSPS) is 16.5. The number of carbonyl (C=O) groups is 1. The Bertz CT molecular complexity index is 917. The van der Waals surface area contributed by atoms with Crippen molar-refractivity contribution in [2.75, 3.05) is 6.54 Å². The standard InChI is InChI=1S/C19H21N5OS/c1-13-10-23(18(25)9-8-16-12-26-14(2)20-16)11-17-21-22-19(24(13)17)15-6-4-3-5-7-15/h3-7,12-13H,8-11H2,1-2H3/t13-/m0/s1. The van der Waals surface area contributed by atoms with Crippen LogP contribution in [0, 0.1) is 6.92 Å². The molecule has 0 radical (unpaired) electrons. The summed E-state index contributed by atoms with van der Waals surface area (Å²) in [6, 6.07) is 10.2. The second-order valence-electron chi connectivity index (χ2n) is 6.66. The van der Waals surface area contributed by atoms with Crippen molar-refractivity contribution in [1.82, 2.24) is 24.6 Å². The van der Waals surface area contributed by atoms with E-state index in [0.717, 1.165) is 27.9 Å². The van der Waals surface area contributed by atoms with Crippen molar-refractivity contribution in [2.24, 2.45) is 0 Å². The molecule has 0 N–H and O–H groups in total. The minimum absolute atomic E-state index is 0.148. The molecule has 26 heavy (non-hydrogen) atoms. The second-order valence-corrected chi connectivity index (χ2v) is 7.72. The maximum Gasteiger partial charge on any atom is 0.223 e. The predicted octanol–water partition coefficient (Wildman–Crippen LogP) is 3.25. The summed E-state index contributed by atoms with van der Waals surface area (Å²) in [4.78, 5) is 19.0. The van der Waals surface area contributed by atoms with Gasteiger partial charge < -0.3 is 9.47 Å². The van der Waals surface area contributed by atoms with Gasteiger partial charge in [-0.1, -0.05) is 30.3 Å². The van der Waals surface area contributed by atoms with E-state index in [1.807, 2.05) is 47.5 Å². The summed E-state index contributed by atoms with van der Waals surface area (Å²) in [5.74, 6) is 1.87. The summed E-state index contributed by atoms with van der Waals surface area (Å²) in [7, 11) is 0. The Kier molecular flexibility index (Phi) is 4.55. The summed E-state index contributed by atoms with van der Waals surface area (Å²) < 4.78 is 2.16. The van der Waals surface area contributed by atoms with E-state index in [-0.39, 0.29) is 11.9 Å². The number of fused-ring (bicyclic) bond motifs is 1. The van der Waals surface area contributed by atoms with E-state index in [1.165, 1.54) is 0 Å². The molecule has 1 amide bonds. The Morgan fingerprint density at radius 2 is 2.08 bits per heavy atom. The summed E-state index contributed by atoms with van der Waals surface area (Å²) in [5.41, 5.74) is 2.05. The van der Waals surface area contributed by atoms with Gasteiger partial charge in [0, 0.05) is 23.9 Å². The number of aromatic nitrogens is 4. The number of aryl methyl sites for hydroxylation is 2. The molecule has 2 aromatic heterocycles. The topological polar surface area (TPSA) is 63.9 Å². The Morgan fingerprint density at radius 1 is 1.27 bits per heavy atom. The first-order valence-corrected chi connectivity index (χ1v) is 9.68. The maximum absolute atomic E-state index is 12.7. The van der Waals surface area contributed by atoms with Gasteiger partial charge in [0.1, 0.15) is 0 Å². The molecule has 1 atom stereocenters. The van der Waals surface area contributed by atoms with Gasteiger partial charge >= 0.3 is 0 Å². The van der Waals surface area contributed by atoms with Crippen molar-refractivity contribution < 1.29 is 4.79 Å². The van der Waals surface area contributed by atoms with E-state index in [9.17, 15) is 4.79 Å². The fourth-order valence-corrected chi connectivity index (χ4v) is 4.07. The van der Waals surface area contributed by atoms with Crippen molar-refractivity contribution >= 4 is 17.2 Å². The molecule has 1 aliphatic rings. The zero-order chi connectivity index (χ0) is 18.1. The monoisotopic (exact) mass is 367 g/mol. The molecule has 6 nitrogen and oxygen atoms in total. The first kappa shape index (κ1) is 16.9. The van der Waals surface area contributed by atoms with Gasteiger partial charge in [0.15, 0.2) is 11.6 Å². The van der Waals surface area contributed by atoms with E-state index in [0.29, 0.717) is 25.9 Å². The Morgan fingerprint density at radius 3 is 2.81 bits per heavy atom. The third-order valence-electron chi connectivity index (χ3n) is 4.67. The van der Waals surface area contributed by atoms with E-state index in [2.05, 4.69) is 26.7 Å². The third kappa shape index (κ3) is 3.26. The van der Waals surface area contributed by atoms with Gasteiger partial charge in [0.05, 0.1) is 23.3 Å². The molecule has 3 aromatic rings. The number of hydrogen-bond acceptors (Lipinski definition) is 5. The van der Waals surface area contributed by atoms with Crippen LogP contribution in [0.1, 0.15) is 35.9 Å². The van der Waals surface area contributed by atoms with E-state index in [4.69, 9.17) is 0 Å². The molecule has 0 bridgehead atoms. The highest BCUT2D eigenvalue weighted by Gasteiger charge is 2.29. The molecular formula is C19H21N5OS. The molecule has 0 unspecified atom stereocenters. The van der Waals surface area contributed by atoms with Crippen molar-refractivity contribution in [1.29, 1.82) is 0 Å². The molecule has 1 aliphatic heterocycles. The van der Waals surface area contributed by atoms with Gasteiger partial charge in [-0.15, -0.1) is 21.5 Å². The highest BCUT2D eigenvalue weighted by molar-refractivity contribution is 7.09. The van der Waals surface area contributed by atoms with Crippen LogP contribution in [0.5, 0.6) is 0 Å². The molecule has 4 rings (SSSR count). The van der Waals surface area contributed by atoms with Crippen LogP contribution in [0.4, 0.5) is 0 Å². The van der Waals surface area contributed by atoms with E-state index >= 15 is 0 Å². The summed E-state index contributed by atoms with van der Waals surface area (Å²) in [5, 5.41) is 11.8. The molecule has 0 fully saturated rings. The van der Waals surface area contributed by atoms with Gasteiger partial charge in [-0.2, -0.15) is 0 Å². The highest BCUT2D eigenvalue weighted by Crippen LogP contribution is 2.27. The van der Waals surface area contributed by atoms with Crippen LogP contribution in [-0.4, -0.2) is 37.1 Å². The average Bonchev–Trinajstić information content (AvgIpc) is 3.26. The lowest BCUT2D eigenvalue weighted by Gasteiger charge is -2.32. The SMILES string of the molecule is Cc1nc(CCC(=O)N2Cc3nnc(-c4ccccc4)n3[C@@H](C)C2)cs1. The second kappa shape index (κ2) is 6.99. The summed E-state index contributed by atoms with van der Waals surface area (Å²) in [6.07, 6.45) is 1.17. The van der Waals surface area contributed by atoms with Gasteiger partial charge in [-0.25, -0.2) is 4.98 Å². The minimum Gasteiger partial charge on any atom is -0.333 e. The van der Waals surface area contributed by atoms with Gasteiger partial charge in [-0.3, -0.25) is 4.79 Å². The largest absolute Gasteiger partial charge is 0.333 e. The van der Waals surface area contributed by atoms with Crippen LogP contribution in [0.25, 0.3) is 11.4 Å². The predicted molar refractivity (Wildman–Crippen MR) is 101 cm³/mol. The Hall–Kier alpha value is -2.54. The van der Waals surface area contributed by atoms with Crippen molar-refractivity contribution in [3.63, 3.8) is 0 Å². The Labute approximate surface area is 156 Å². The zero-order valence-electron chi connectivity index (χ0n) is 14.9. The first-order valence-electron chi connectivity index (χ1n) is 8.80. The number of rotatable bonds is 4. The first-order chi connectivity index (χ1) is 12.6. The van der Waals surface area contributed by atoms with Crippen LogP contribution in [0.15, 0.2) is 35.7 Å². The van der Waals surface area contributed by atoms with Gasteiger partial charge in [0.25, 0.3) is 0 Å². The van der Waals surface area contributed by atoms with Crippen LogP contribution >= 0.6 is 11.3 Å². The number of nitrogens with zero attached hydrogens (tertiary/aromatic N) is 5. The average molecular weight is 367 g/mol. The number of benzene rings is 1. The number of thiazole rings is 1. The molecule has 7 heteroatoms. The molecule has 0 aliphatic carbocycles. The van der Waals surface area contributed by atoms with Crippen LogP contribution in [-0.2, 0) is 17.8 Å². The summed E-state index contributed by atoms with van der Waals surface area (Å²) >= 11 is 1.63. The molecule has 0 saturated heterocycles. The summed E-state index contributed by atoms with van der Waals surface area (Å²) in [6.45, 7) is 5.29. The smallest absolute Gasteiger partial charge is 0.223 e. The fraction of sp³-hybridized carbons (Fsp3) is 0.368. The highest BCUT2D eigenvalue weighted by atomic mass is 32.1. The molecule has 134 valence electrons. The van der Waals surface area contributed by atoms with E-state index in [1.54, 1.807) is 11.3 Å². The number of carbonyl (C=O) groups excluding carboxylic acids is 1. The van der Waals surface area contributed by atoms with Crippen molar-refractivity contribution in [3.8, 4) is 11.4 Å². The van der Waals surface area contributed by atoms with Gasteiger partial charge in [-0.05, 0) is 20.3 Å².